The number of anilines is 1. The van der Waals surface area contributed by atoms with E-state index in [-0.39, 0.29) is 6.79 Å². The van der Waals surface area contributed by atoms with E-state index in [4.69, 9.17) is 19.7 Å². The molecule has 21 heavy (non-hydrogen) atoms. The highest BCUT2D eigenvalue weighted by Gasteiger charge is 2.23. The van der Waals surface area contributed by atoms with Crippen molar-refractivity contribution in [3.8, 4) is 11.5 Å². The van der Waals surface area contributed by atoms with Gasteiger partial charge in [-0.25, -0.2) is 9.59 Å². The SMILES string of the molecule is O=C(O)CC(NC(=O)Nc1ccc2c(c1)OCO2)C(=O)O. The highest BCUT2D eigenvalue weighted by Crippen LogP contribution is 2.34. The van der Waals surface area contributed by atoms with Gasteiger partial charge in [-0.15, -0.1) is 0 Å². The molecule has 1 atom stereocenters. The van der Waals surface area contributed by atoms with E-state index in [1.54, 1.807) is 12.1 Å². The fourth-order valence-corrected chi connectivity index (χ4v) is 1.67. The molecule has 2 amide bonds. The molecule has 0 saturated heterocycles. The summed E-state index contributed by atoms with van der Waals surface area (Å²) < 4.78 is 10.2. The first-order valence-corrected chi connectivity index (χ1v) is 5.87. The monoisotopic (exact) mass is 296 g/mol. The van der Waals surface area contributed by atoms with Gasteiger partial charge in [-0.1, -0.05) is 0 Å². The Morgan fingerprint density at radius 2 is 1.90 bits per heavy atom. The van der Waals surface area contributed by atoms with E-state index in [2.05, 4.69) is 10.6 Å². The molecule has 1 unspecified atom stereocenters. The van der Waals surface area contributed by atoms with Gasteiger partial charge in [0.2, 0.25) is 6.79 Å². The van der Waals surface area contributed by atoms with E-state index < -0.39 is 30.4 Å². The maximum Gasteiger partial charge on any atom is 0.326 e. The number of carbonyl (C=O) groups is 3. The van der Waals surface area contributed by atoms with Crippen molar-refractivity contribution in [2.45, 2.75) is 12.5 Å². The van der Waals surface area contributed by atoms with Gasteiger partial charge in [-0.05, 0) is 12.1 Å². The topological polar surface area (TPSA) is 134 Å². The van der Waals surface area contributed by atoms with Gasteiger partial charge in [0.05, 0.1) is 6.42 Å². The Balaban J connectivity index is 1.97. The summed E-state index contributed by atoms with van der Waals surface area (Å²) in [6.07, 6.45) is -0.718. The summed E-state index contributed by atoms with van der Waals surface area (Å²) >= 11 is 0. The lowest BCUT2D eigenvalue weighted by molar-refractivity contribution is -0.145. The molecule has 0 fully saturated rings. The normalized spacial score (nSPS) is 13.3. The summed E-state index contributed by atoms with van der Waals surface area (Å²) in [5, 5.41) is 21.8. The smallest absolute Gasteiger partial charge is 0.326 e. The molecule has 0 spiro atoms. The van der Waals surface area contributed by atoms with Crippen LogP contribution in [0.2, 0.25) is 0 Å². The van der Waals surface area contributed by atoms with Gasteiger partial charge < -0.3 is 30.3 Å². The van der Waals surface area contributed by atoms with Crippen LogP contribution in [0, 0.1) is 0 Å². The molecule has 4 N–H and O–H groups in total. The number of carbonyl (C=O) groups excluding carboxylic acids is 1. The third-order valence-electron chi connectivity index (χ3n) is 2.61. The molecule has 1 aliphatic heterocycles. The molecule has 1 aromatic rings. The van der Waals surface area contributed by atoms with Crippen molar-refractivity contribution in [3.63, 3.8) is 0 Å². The lowest BCUT2D eigenvalue weighted by Gasteiger charge is -2.13. The molecule has 1 aliphatic rings. The van der Waals surface area contributed by atoms with Crippen molar-refractivity contribution in [3.05, 3.63) is 18.2 Å². The van der Waals surface area contributed by atoms with Crippen LogP contribution < -0.4 is 20.1 Å². The van der Waals surface area contributed by atoms with E-state index in [0.29, 0.717) is 17.2 Å². The molecule has 1 heterocycles. The Morgan fingerprint density at radius 1 is 1.19 bits per heavy atom. The summed E-state index contributed by atoms with van der Waals surface area (Å²) in [5.74, 6) is -1.77. The minimum atomic E-state index is -1.52. The number of aliphatic carboxylic acids is 2. The fraction of sp³-hybridized carbons (Fsp3) is 0.250. The molecule has 0 aliphatic carbocycles. The summed E-state index contributed by atoms with van der Waals surface area (Å²) in [7, 11) is 0. The zero-order valence-corrected chi connectivity index (χ0v) is 10.7. The average Bonchev–Trinajstić information content (AvgIpc) is 2.84. The first kappa shape index (κ1) is 14.4. The standard InChI is InChI=1S/C12H12N2O7/c15-10(16)4-7(11(17)18)14-12(19)13-6-1-2-8-9(3-6)21-5-20-8/h1-3,7H,4-5H2,(H,15,16)(H,17,18)(H2,13,14,19). The van der Waals surface area contributed by atoms with Gasteiger partial charge in [0.15, 0.2) is 11.5 Å². The quantitative estimate of drug-likeness (QED) is 0.620. The molecule has 9 heteroatoms. The van der Waals surface area contributed by atoms with Crippen LogP contribution in [-0.2, 0) is 9.59 Å². The number of fused-ring (bicyclic) bond motifs is 1. The summed E-state index contributed by atoms with van der Waals surface area (Å²) in [4.78, 5) is 33.0. The highest BCUT2D eigenvalue weighted by atomic mass is 16.7. The zero-order valence-electron chi connectivity index (χ0n) is 10.7. The maximum absolute atomic E-state index is 11.7. The number of carboxylic acids is 2. The number of ether oxygens (including phenoxy) is 2. The van der Waals surface area contributed by atoms with E-state index in [9.17, 15) is 14.4 Å². The van der Waals surface area contributed by atoms with Crippen LogP contribution in [0.15, 0.2) is 18.2 Å². The Labute approximate surface area is 118 Å². The minimum absolute atomic E-state index is 0.0880. The van der Waals surface area contributed by atoms with E-state index in [0.717, 1.165) is 0 Å². The third kappa shape index (κ3) is 3.75. The van der Waals surface area contributed by atoms with E-state index in [1.807, 2.05) is 0 Å². The number of urea groups is 1. The number of hydrogen-bond donors (Lipinski definition) is 4. The Morgan fingerprint density at radius 3 is 2.57 bits per heavy atom. The van der Waals surface area contributed by atoms with Crippen molar-refractivity contribution in [1.82, 2.24) is 5.32 Å². The lowest BCUT2D eigenvalue weighted by atomic mass is 10.2. The molecule has 0 bridgehead atoms. The zero-order chi connectivity index (χ0) is 15.4. The Bertz CT molecular complexity index is 587. The number of amides is 2. The molecule has 0 radical (unpaired) electrons. The van der Waals surface area contributed by atoms with Crippen molar-refractivity contribution in [1.29, 1.82) is 0 Å². The van der Waals surface area contributed by atoms with Gasteiger partial charge >= 0.3 is 18.0 Å². The second-order valence-electron chi connectivity index (χ2n) is 4.16. The molecule has 1 aromatic carbocycles. The van der Waals surface area contributed by atoms with Gasteiger partial charge in [0.1, 0.15) is 6.04 Å². The molecular weight excluding hydrogens is 284 g/mol. The van der Waals surface area contributed by atoms with Gasteiger partial charge in [0, 0.05) is 11.8 Å². The molecule has 9 nitrogen and oxygen atoms in total. The van der Waals surface area contributed by atoms with E-state index >= 15 is 0 Å². The second-order valence-corrected chi connectivity index (χ2v) is 4.16. The predicted octanol–water partition coefficient (Wildman–Crippen LogP) is 0.465. The molecular formula is C12H12N2O7. The number of carboxylic acid groups (broad SMARTS) is 2. The van der Waals surface area contributed by atoms with Gasteiger partial charge in [0.25, 0.3) is 0 Å². The maximum atomic E-state index is 11.7. The minimum Gasteiger partial charge on any atom is -0.481 e. The van der Waals surface area contributed by atoms with Crippen LogP contribution in [-0.4, -0.2) is 41.0 Å². The Hall–Kier alpha value is -2.97. The predicted molar refractivity (Wildman–Crippen MR) is 68.4 cm³/mol. The number of nitrogens with one attached hydrogen (secondary N) is 2. The number of rotatable bonds is 5. The van der Waals surface area contributed by atoms with Crippen LogP contribution in [0.3, 0.4) is 0 Å². The third-order valence-corrected chi connectivity index (χ3v) is 2.61. The number of benzene rings is 1. The first-order valence-electron chi connectivity index (χ1n) is 5.87. The van der Waals surface area contributed by atoms with Crippen LogP contribution in [0.1, 0.15) is 6.42 Å². The van der Waals surface area contributed by atoms with Crippen LogP contribution in [0.4, 0.5) is 10.5 Å². The van der Waals surface area contributed by atoms with Crippen molar-refractivity contribution in [2.24, 2.45) is 0 Å². The van der Waals surface area contributed by atoms with Crippen LogP contribution in [0.5, 0.6) is 11.5 Å². The van der Waals surface area contributed by atoms with Crippen molar-refractivity contribution < 1.29 is 34.1 Å². The first-order chi connectivity index (χ1) is 9.95. The second kappa shape index (κ2) is 5.99. The van der Waals surface area contributed by atoms with Crippen LogP contribution in [0.25, 0.3) is 0 Å². The summed E-state index contributed by atoms with van der Waals surface area (Å²) in [6.45, 7) is 0.0880. The lowest BCUT2D eigenvalue weighted by Crippen LogP contribution is -2.44. The summed E-state index contributed by atoms with van der Waals surface area (Å²) in [5.41, 5.74) is 0.358. The molecule has 112 valence electrons. The summed E-state index contributed by atoms with van der Waals surface area (Å²) in [6, 6.07) is 2.29. The van der Waals surface area contributed by atoms with Gasteiger partial charge in [-0.2, -0.15) is 0 Å². The molecule has 0 saturated carbocycles. The van der Waals surface area contributed by atoms with Crippen molar-refractivity contribution in [2.75, 3.05) is 12.1 Å². The fourth-order valence-electron chi connectivity index (χ4n) is 1.67. The van der Waals surface area contributed by atoms with Crippen LogP contribution >= 0.6 is 0 Å². The van der Waals surface area contributed by atoms with Crippen molar-refractivity contribution >= 4 is 23.7 Å². The number of hydrogen-bond acceptors (Lipinski definition) is 5. The highest BCUT2D eigenvalue weighted by molar-refractivity contribution is 5.93. The molecule has 2 rings (SSSR count). The van der Waals surface area contributed by atoms with E-state index in [1.165, 1.54) is 6.07 Å². The molecule has 0 aromatic heterocycles. The largest absolute Gasteiger partial charge is 0.481 e. The average molecular weight is 296 g/mol. The van der Waals surface area contributed by atoms with Gasteiger partial charge in [-0.3, -0.25) is 4.79 Å². The Kier molecular flexibility index (Phi) is 4.12.